The summed E-state index contributed by atoms with van der Waals surface area (Å²) in [4.78, 5) is 14.2. The van der Waals surface area contributed by atoms with Crippen molar-refractivity contribution in [2.75, 3.05) is 27.2 Å². The molecule has 0 aliphatic heterocycles. The van der Waals surface area contributed by atoms with E-state index >= 15 is 0 Å². The third kappa shape index (κ3) is 6.42. The number of hydrogen-bond acceptors (Lipinski definition) is 2. The van der Waals surface area contributed by atoms with Crippen molar-refractivity contribution in [2.24, 2.45) is 0 Å². The Morgan fingerprint density at radius 3 is 2.00 bits per heavy atom. The Morgan fingerprint density at radius 1 is 0.865 bits per heavy atom. The van der Waals surface area contributed by atoms with E-state index in [1.54, 1.807) is 47.0 Å². The molecular formula is C29H27ClF3N3O. The van der Waals surface area contributed by atoms with Crippen LogP contribution in [0.15, 0.2) is 84.9 Å². The number of amides is 1. The van der Waals surface area contributed by atoms with E-state index in [0.717, 1.165) is 29.3 Å². The first kappa shape index (κ1) is 26.5. The monoisotopic (exact) mass is 525 g/mol. The maximum Gasteiger partial charge on any atom is 0.418 e. The molecule has 1 N–H and O–H groups in total. The summed E-state index contributed by atoms with van der Waals surface area (Å²) in [6.07, 6.45) is -4.30. The summed E-state index contributed by atoms with van der Waals surface area (Å²) in [5.74, 6) is -0.0814. The summed E-state index contributed by atoms with van der Waals surface area (Å²) in [5.41, 5.74) is 2.79. The van der Waals surface area contributed by atoms with Crippen molar-refractivity contribution < 1.29 is 18.0 Å². The molecule has 0 aliphatic carbocycles. The molecule has 0 saturated carbocycles. The maximum atomic E-state index is 14.0. The van der Waals surface area contributed by atoms with Crippen LogP contribution >= 0.6 is 11.6 Å². The van der Waals surface area contributed by atoms with Gasteiger partial charge in [0.05, 0.1) is 29.1 Å². The van der Waals surface area contributed by atoms with E-state index < -0.39 is 11.7 Å². The largest absolute Gasteiger partial charge is 0.418 e. The molecule has 0 spiro atoms. The van der Waals surface area contributed by atoms with Gasteiger partial charge >= 0.3 is 6.18 Å². The van der Waals surface area contributed by atoms with Crippen molar-refractivity contribution in [1.82, 2.24) is 14.8 Å². The number of rotatable bonds is 8. The fourth-order valence-corrected chi connectivity index (χ4v) is 4.26. The molecule has 0 bridgehead atoms. The van der Waals surface area contributed by atoms with E-state index in [9.17, 15) is 18.0 Å². The van der Waals surface area contributed by atoms with Gasteiger partial charge < -0.3 is 14.8 Å². The van der Waals surface area contributed by atoms with E-state index in [1.165, 1.54) is 12.1 Å². The minimum Gasteiger partial charge on any atom is -0.355 e. The number of likely N-dealkylation sites (N-methyl/N-ethyl adjacent to an activating group) is 1. The second-order valence-electron chi connectivity index (χ2n) is 8.99. The third-order valence-corrected chi connectivity index (χ3v) is 6.22. The first-order chi connectivity index (χ1) is 17.6. The number of nitrogens with one attached hydrogen (secondary N) is 1. The van der Waals surface area contributed by atoms with Gasteiger partial charge in [0.25, 0.3) is 0 Å². The van der Waals surface area contributed by atoms with Gasteiger partial charge in [0, 0.05) is 18.1 Å². The number of nitrogens with zero attached hydrogens (tertiary/aromatic N) is 2. The predicted molar refractivity (Wildman–Crippen MR) is 142 cm³/mol. The van der Waals surface area contributed by atoms with Crippen molar-refractivity contribution in [2.45, 2.75) is 12.6 Å². The van der Waals surface area contributed by atoms with Gasteiger partial charge in [-0.3, -0.25) is 4.79 Å². The highest BCUT2D eigenvalue weighted by Crippen LogP contribution is 2.39. The van der Waals surface area contributed by atoms with Gasteiger partial charge in [-0.2, -0.15) is 13.2 Å². The van der Waals surface area contributed by atoms with Crippen LogP contribution in [0.25, 0.3) is 28.2 Å². The first-order valence-corrected chi connectivity index (χ1v) is 12.2. The fourth-order valence-electron chi connectivity index (χ4n) is 4.14. The fraction of sp³-hybridized carbons (Fsp3) is 0.207. The summed E-state index contributed by atoms with van der Waals surface area (Å²) in [5, 5.41) is 3.43. The molecule has 1 amide bonds. The Bertz CT molecular complexity index is 1360. The number of alkyl halides is 3. The minimum absolute atomic E-state index is 0.0318. The van der Waals surface area contributed by atoms with Crippen LogP contribution in [-0.4, -0.2) is 42.6 Å². The summed E-state index contributed by atoms with van der Waals surface area (Å²) in [6, 6.07) is 23.5. The van der Waals surface area contributed by atoms with Gasteiger partial charge in [0.15, 0.2) is 0 Å². The number of hydrogen-bond donors (Lipinski definition) is 1. The Hall–Kier alpha value is -3.55. The molecule has 0 fully saturated rings. The van der Waals surface area contributed by atoms with Crippen LogP contribution in [0, 0.1) is 0 Å². The normalized spacial score (nSPS) is 11.6. The van der Waals surface area contributed by atoms with E-state index in [0.29, 0.717) is 23.0 Å². The third-order valence-electron chi connectivity index (χ3n) is 5.97. The van der Waals surface area contributed by atoms with Crippen LogP contribution in [-0.2, 0) is 17.4 Å². The Morgan fingerprint density at radius 2 is 1.43 bits per heavy atom. The zero-order valence-corrected chi connectivity index (χ0v) is 21.3. The highest BCUT2D eigenvalue weighted by Gasteiger charge is 2.34. The van der Waals surface area contributed by atoms with Gasteiger partial charge in [-0.1, -0.05) is 60.1 Å². The number of carbonyl (C=O) groups is 1. The molecule has 4 rings (SSSR count). The number of carbonyl (C=O) groups excluding carboxylic acids is 1. The quantitative estimate of drug-likeness (QED) is 0.278. The average molecular weight is 526 g/mol. The molecule has 0 unspecified atom stereocenters. The van der Waals surface area contributed by atoms with Gasteiger partial charge in [-0.05, 0) is 67.2 Å². The van der Waals surface area contributed by atoms with Crippen molar-refractivity contribution in [3.05, 3.63) is 101 Å². The zero-order chi connectivity index (χ0) is 26.6. The molecule has 4 nitrogen and oxygen atoms in total. The number of halogens is 4. The van der Waals surface area contributed by atoms with Crippen LogP contribution in [0.5, 0.6) is 0 Å². The van der Waals surface area contributed by atoms with E-state index in [-0.39, 0.29) is 18.0 Å². The maximum absolute atomic E-state index is 14.0. The second kappa shape index (κ2) is 11.2. The highest BCUT2D eigenvalue weighted by atomic mass is 35.5. The number of para-hydroxylation sites is 1. The molecule has 3 aromatic carbocycles. The SMILES string of the molecule is CN(C)CCNC(=O)Cc1ccc(-c2ccc(-c3ccc(Cl)cc3)n2-c2ccccc2C(F)(F)F)cc1. The molecule has 4 aromatic rings. The second-order valence-corrected chi connectivity index (χ2v) is 9.42. The minimum atomic E-state index is -4.53. The number of aromatic nitrogens is 1. The molecule has 0 saturated heterocycles. The lowest BCUT2D eigenvalue weighted by atomic mass is 10.1. The topological polar surface area (TPSA) is 37.3 Å². The van der Waals surface area contributed by atoms with Crippen LogP contribution in [0.2, 0.25) is 5.02 Å². The summed E-state index contributed by atoms with van der Waals surface area (Å²) < 4.78 is 43.6. The average Bonchev–Trinajstić information content (AvgIpc) is 3.29. The molecule has 1 aromatic heterocycles. The molecule has 1 heterocycles. The molecular weight excluding hydrogens is 499 g/mol. The van der Waals surface area contributed by atoms with Crippen LogP contribution in [0.3, 0.4) is 0 Å². The van der Waals surface area contributed by atoms with Crippen molar-refractivity contribution in [3.8, 4) is 28.2 Å². The molecule has 0 radical (unpaired) electrons. The number of benzene rings is 3. The van der Waals surface area contributed by atoms with E-state index in [2.05, 4.69) is 5.32 Å². The molecule has 0 atom stereocenters. The van der Waals surface area contributed by atoms with Crippen LogP contribution < -0.4 is 5.32 Å². The first-order valence-electron chi connectivity index (χ1n) is 11.8. The highest BCUT2D eigenvalue weighted by molar-refractivity contribution is 6.30. The Balaban J connectivity index is 1.72. The van der Waals surface area contributed by atoms with Crippen LogP contribution in [0.4, 0.5) is 13.2 Å². The molecule has 0 aliphatic rings. The summed E-state index contributed by atoms with van der Waals surface area (Å²) in [7, 11) is 3.87. The molecule has 37 heavy (non-hydrogen) atoms. The lowest BCUT2D eigenvalue weighted by Crippen LogP contribution is -2.32. The molecule has 192 valence electrons. The zero-order valence-electron chi connectivity index (χ0n) is 20.5. The van der Waals surface area contributed by atoms with Gasteiger partial charge in [0.2, 0.25) is 5.91 Å². The Labute approximate surface area is 219 Å². The van der Waals surface area contributed by atoms with E-state index in [1.807, 2.05) is 43.3 Å². The lowest BCUT2D eigenvalue weighted by molar-refractivity contribution is -0.137. The van der Waals surface area contributed by atoms with Crippen molar-refractivity contribution in [1.29, 1.82) is 0 Å². The summed E-state index contributed by atoms with van der Waals surface area (Å²) >= 11 is 6.05. The van der Waals surface area contributed by atoms with Gasteiger partial charge in [0.1, 0.15) is 0 Å². The van der Waals surface area contributed by atoms with Crippen LogP contribution in [0.1, 0.15) is 11.1 Å². The lowest BCUT2D eigenvalue weighted by Gasteiger charge is -2.19. The van der Waals surface area contributed by atoms with E-state index in [4.69, 9.17) is 11.6 Å². The standard InChI is InChI=1S/C29H27ClF3N3O/c1-35(2)18-17-34-28(37)19-20-7-9-21(10-8-20)25-15-16-26(22-11-13-23(30)14-12-22)36(25)27-6-4-3-5-24(27)29(31,32)33/h3-16H,17-19H2,1-2H3,(H,34,37). The Kier molecular flexibility index (Phi) is 8.05. The van der Waals surface area contributed by atoms with Crippen molar-refractivity contribution in [3.63, 3.8) is 0 Å². The predicted octanol–water partition coefficient (Wildman–Crippen LogP) is 6.70. The molecule has 8 heteroatoms. The smallest absolute Gasteiger partial charge is 0.355 e. The summed E-state index contributed by atoms with van der Waals surface area (Å²) in [6.45, 7) is 1.31. The van der Waals surface area contributed by atoms with Gasteiger partial charge in [-0.15, -0.1) is 0 Å². The van der Waals surface area contributed by atoms with Crippen molar-refractivity contribution >= 4 is 17.5 Å². The van der Waals surface area contributed by atoms with Gasteiger partial charge in [-0.25, -0.2) is 0 Å².